The van der Waals surface area contributed by atoms with E-state index in [0.717, 1.165) is 0 Å². The lowest BCUT2D eigenvalue weighted by molar-refractivity contribution is 0.0524. The Labute approximate surface area is 106 Å². The van der Waals surface area contributed by atoms with Crippen LogP contribution >= 0.6 is 31.9 Å². The van der Waals surface area contributed by atoms with Crippen molar-refractivity contribution in [3.05, 3.63) is 26.9 Å². The van der Waals surface area contributed by atoms with Crippen LogP contribution in [0.4, 0.5) is 0 Å². The van der Waals surface area contributed by atoms with Gasteiger partial charge in [-0.1, -0.05) is 13.8 Å². The summed E-state index contributed by atoms with van der Waals surface area (Å²) < 4.78 is 6.11. The molecule has 0 aliphatic carbocycles. The molecule has 0 fully saturated rings. The number of esters is 1. The molecule has 1 heterocycles. The molecule has 0 spiro atoms. The normalized spacial score (nSPS) is 8.87. The number of carbonyl (C=O) groups excluding carboxylic acids is 1. The second-order valence-electron chi connectivity index (χ2n) is 2.20. The first-order valence-electron chi connectivity index (χ1n) is 4.63. The van der Waals surface area contributed by atoms with Crippen LogP contribution < -0.4 is 0 Å². The van der Waals surface area contributed by atoms with E-state index in [4.69, 9.17) is 4.74 Å². The first kappa shape index (κ1) is 14.6. The molecule has 0 aliphatic rings. The van der Waals surface area contributed by atoms with E-state index in [0.29, 0.717) is 21.1 Å². The average molecular weight is 339 g/mol. The number of hydrogen-bond donors (Lipinski definition) is 0. The van der Waals surface area contributed by atoms with Gasteiger partial charge in [0.1, 0.15) is 0 Å². The van der Waals surface area contributed by atoms with Gasteiger partial charge in [0, 0.05) is 12.4 Å². The summed E-state index contributed by atoms with van der Waals surface area (Å²) in [5.41, 5.74) is 0.469. The summed E-state index contributed by atoms with van der Waals surface area (Å²) in [6.45, 7) is 6.13. The summed E-state index contributed by atoms with van der Waals surface area (Å²) in [7, 11) is 0. The lowest BCUT2D eigenvalue weighted by Gasteiger charge is -2.04. The number of hydrogen-bond acceptors (Lipinski definition) is 3. The Balaban J connectivity index is 0.000000921. The van der Waals surface area contributed by atoms with Crippen molar-refractivity contribution >= 4 is 37.8 Å². The predicted molar refractivity (Wildman–Crippen MR) is 66.9 cm³/mol. The second kappa shape index (κ2) is 7.82. The third-order valence-corrected chi connectivity index (χ3v) is 2.54. The van der Waals surface area contributed by atoms with Crippen molar-refractivity contribution in [2.24, 2.45) is 0 Å². The minimum absolute atomic E-state index is 0.358. The van der Waals surface area contributed by atoms with Gasteiger partial charge >= 0.3 is 5.97 Å². The van der Waals surface area contributed by atoms with Gasteiger partial charge in [0.15, 0.2) is 0 Å². The molecule has 0 aliphatic heterocycles. The zero-order valence-corrected chi connectivity index (χ0v) is 12.1. The van der Waals surface area contributed by atoms with Gasteiger partial charge in [-0.2, -0.15) is 0 Å². The molecule has 0 atom stereocenters. The highest BCUT2D eigenvalue weighted by Crippen LogP contribution is 2.24. The van der Waals surface area contributed by atoms with E-state index in [1.807, 2.05) is 13.8 Å². The molecular formula is C10H13Br2NO2. The Morgan fingerprint density at radius 3 is 2.20 bits per heavy atom. The Hall–Kier alpha value is -0.420. The van der Waals surface area contributed by atoms with Gasteiger partial charge < -0.3 is 4.74 Å². The smallest absolute Gasteiger partial charge is 0.340 e. The van der Waals surface area contributed by atoms with Crippen LogP contribution in [0, 0.1) is 0 Å². The molecule has 0 aromatic carbocycles. The topological polar surface area (TPSA) is 39.2 Å². The van der Waals surface area contributed by atoms with Crippen molar-refractivity contribution < 1.29 is 9.53 Å². The summed E-state index contributed by atoms with van der Waals surface area (Å²) in [5.74, 6) is -0.358. The summed E-state index contributed by atoms with van der Waals surface area (Å²) in [6, 6.07) is 0. The van der Waals surface area contributed by atoms with E-state index in [9.17, 15) is 4.79 Å². The molecular weight excluding hydrogens is 326 g/mol. The van der Waals surface area contributed by atoms with Gasteiger partial charge in [-0.25, -0.2) is 4.79 Å². The quantitative estimate of drug-likeness (QED) is 0.770. The molecule has 5 heteroatoms. The molecule has 1 rings (SSSR count). The fraction of sp³-hybridized carbons (Fsp3) is 0.400. The highest BCUT2D eigenvalue weighted by molar-refractivity contribution is 9.11. The summed E-state index contributed by atoms with van der Waals surface area (Å²) >= 11 is 6.45. The van der Waals surface area contributed by atoms with E-state index in [1.54, 1.807) is 19.3 Å². The van der Waals surface area contributed by atoms with Crippen molar-refractivity contribution in [2.75, 3.05) is 6.61 Å². The minimum atomic E-state index is -0.358. The summed E-state index contributed by atoms with van der Waals surface area (Å²) in [5, 5.41) is 0. The van der Waals surface area contributed by atoms with Gasteiger partial charge in [-0.3, -0.25) is 4.98 Å². The van der Waals surface area contributed by atoms with E-state index in [1.165, 1.54) is 0 Å². The Morgan fingerprint density at radius 2 is 1.80 bits per heavy atom. The molecule has 15 heavy (non-hydrogen) atoms. The number of pyridine rings is 1. The number of halogens is 2. The molecule has 1 aromatic heterocycles. The number of rotatable bonds is 2. The fourth-order valence-electron chi connectivity index (χ4n) is 0.810. The van der Waals surface area contributed by atoms with E-state index >= 15 is 0 Å². The lowest BCUT2D eigenvalue weighted by Crippen LogP contribution is -2.06. The van der Waals surface area contributed by atoms with Gasteiger partial charge in [-0.15, -0.1) is 0 Å². The van der Waals surface area contributed by atoms with Gasteiger partial charge in [0.25, 0.3) is 0 Å². The van der Waals surface area contributed by atoms with Crippen LogP contribution in [0.25, 0.3) is 0 Å². The van der Waals surface area contributed by atoms with Crippen LogP contribution in [-0.2, 0) is 4.74 Å². The van der Waals surface area contributed by atoms with Crippen molar-refractivity contribution in [1.29, 1.82) is 0 Å². The number of aromatic nitrogens is 1. The van der Waals surface area contributed by atoms with Crippen molar-refractivity contribution in [2.45, 2.75) is 20.8 Å². The average Bonchev–Trinajstić information content (AvgIpc) is 2.21. The molecule has 3 nitrogen and oxygen atoms in total. The molecule has 0 radical (unpaired) electrons. The van der Waals surface area contributed by atoms with Crippen LogP contribution in [0.1, 0.15) is 31.1 Å². The van der Waals surface area contributed by atoms with E-state index < -0.39 is 0 Å². The molecule has 0 saturated heterocycles. The van der Waals surface area contributed by atoms with Crippen LogP contribution in [0.15, 0.2) is 21.3 Å². The van der Waals surface area contributed by atoms with Crippen LogP contribution in [0.2, 0.25) is 0 Å². The second-order valence-corrected chi connectivity index (χ2v) is 3.91. The Morgan fingerprint density at radius 1 is 1.33 bits per heavy atom. The SMILES string of the molecule is CC.CCOC(=O)c1c(Br)cncc1Br. The van der Waals surface area contributed by atoms with Gasteiger partial charge in [0.05, 0.1) is 21.1 Å². The van der Waals surface area contributed by atoms with Crippen LogP contribution in [0.3, 0.4) is 0 Å². The molecule has 0 N–H and O–H groups in total. The molecule has 84 valence electrons. The largest absolute Gasteiger partial charge is 0.462 e. The third kappa shape index (κ3) is 4.30. The Bertz CT molecular complexity index is 309. The van der Waals surface area contributed by atoms with Crippen LogP contribution in [0.5, 0.6) is 0 Å². The fourth-order valence-corrected chi connectivity index (χ4v) is 2.06. The monoisotopic (exact) mass is 337 g/mol. The van der Waals surface area contributed by atoms with E-state index in [2.05, 4.69) is 36.8 Å². The maximum Gasteiger partial charge on any atom is 0.340 e. The maximum atomic E-state index is 11.4. The Kier molecular flexibility index (Phi) is 7.60. The lowest BCUT2D eigenvalue weighted by atomic mass is 10.3. The first-order chi connectivity index (χ1) is 7.16. The number of ether oxygens (including phenoxy) is 1. The van der Waals surface area contributed by atoms with Crippen molar-refractivity contribution in [3.8, 4) is 0 Å². The van der Waals surface area contributed by atoms with Crippen molar-refractivity contribution in [3.63, 3.8) is 0 Å². The highest BCUT2D eigenvalue weighted by atomic mass is 79.9. The zero-order chi connectivity index (χ0) is 11.8. The summed E-state index contributed by atoms with van der Waals surface area (Å²) in [6.07, 6.45) is 3.11. The molecule has 0 bridgehead atoms. The highest BCUT2D eigenvalue weighted by Gasteiger charge is 2.14. The molecule has 0 unspecified atom stereocenters. The van der Waals surface area contributed by atoms with E-state index in [-0.39, 0.29) is 5.97 Å². The van der Waals surface area contributed by atoms with Crippen molar-refractivity contribution in [1.82, 2.24) is 4.98 Å². The van der Waals surface area contributed by atoms with Crippen LogP contribution in [-0.4, -0.2) is 17.6 Å². The zero-order valence-electron chi connectivity index (χ0n) is 8.88. The molecule has 0 saturated carbocycles. The first-order valence-corrected chi connectivity index (χ1v) is 6.21. The number of carbonyl (C=O) groups is 1. The molecule has 0 amide bonds. The summed E-state index contributed by atoms with van der Waals surface area (Å²) in [4.78, 5) is 15.3. The van der Waals surface area contributed by atoms with Gasteiger partial charge in [0.2, 0.25) is 0 Å². The standard InChI is InChI=1S/C8H7Br2NO2.C2H6/c1-2-13-8(12)7-5(9)3-11-4-6(7)10;1-2/h3-4H,2H2,1H3;1-2H3. The molecule has 1 aromatic rings. The predicted octanol–water partition coefficient (Wildman–Crippen LogP) is 3.81. The minimum Gasteiger partial charge on any atom is -0.462 e. The maximum absolute atomic E-state index is 11.4. The third-order valence-electron chi connectivity index (χ3n) is 1.33. The van der Waals surface area contributed by atoms with Gasteiger partial charge in [-0.05, 0) is 38.8 Å². The number of nitrogens with zero attached hydrogens (tertiary/aromatic N) is 1.